The molecule has 2 heterocycles. The van der Waals surface area contributed by atoms with Gasteiger partial charge in [-0.15, -0.1) is 11.3 Å². The van der Waals surface area contributed by atoms with E-state index >= 15 is 0 Å². The maximum atomic E-state index is 6.32. The topological polar surface area (TPSA) is 51.8 Å². The number of halogens is 2. The Morgan fingerprint density at radius 2 is 2.05 bits per heavy atom. The molecule has 2 aromatic heterocycles. The van der Waals surface area contributed by atoms with Crippen molar-refractivity contribution >= 4 is 43.2 Å². The second-order valence-corrected chi connectivity index (χ2v) is 7.51. The average molecular weight is 403 g/mol. The van der Waals surface area contributed by atoms with Gasteiger partial charge in [-0.3, -0.25) is 4.98 Å². The van der Waals surface area contributed by atoms with Gasteiger partial charge in [0.2, 0.25) is 0 Å². The first kappa shape index (κ1) is 13.7. The lowest BCUT2D eigenvalue weighted by Gasteiger charge is -2.10. The third kappa shape index (κ3) is 2.77. The third-order valence-corrected chi connectivity index (χ3v) is 5.57. The van der Waals surface area contributed by atoms with E-state index in [1.54, 1.807) is 17.5 Å². The van der Waals surface area contributed by atoms with Gasteiger partial charge in [0, 0.05) is 20.0 Å². The number of rotatable bonds is 2. The van der Waals surface area contributed by atoms with E-state index in [1.807, 2.05) is 6.07 Å². The Bertz CT molecular complexity index is 588. The average Bonchev–Trinajstić information content (AvgIpc) is 2.81. The lowest BCUT2D eigenvalue weighted by molar-refractivity contribution is 0.677. The summed E-state index contributed by atoms with van der Waals surface area (Å²) in [6.07, 6.45) is 6.52. The summed E-state index contributed by atoms with van der Waals surface area (Å²) in [5.74, 6) is 0. The quantitative estimate of drug-likeness (QED) is 0.826. The van der Waals surface area contributed by atoms with E-state index in [9.17, 15) is 0 Å². The molecule has 1 atom stereocenters. The second kappa shape index (κ2) is 5.60. The van der Waals surface area contributed by atoms with Crippen molar-refractivity contribution in [3.05, 3.63) is 42.5 Å². The van der Waals surface area contributed by atoms with Gasteiger partial charge in [-0.1, -0.05) is 0 Å². The molecule has 0 aromatic carbocycles. The van der Waals surface area contributed by atoms with Crippen LogP contribution in [0, 0.1) is 0 Å². The number of aromatic nitrogens is 2. The van der Waals surface area contributed by atoms with E-state index in [4.69, 9.17) is 10.7 Å². The fourth-order valence-corrected chi connectivity index (χ4v) is 4.67. The predicted octanol–water partition coefficient (Wildman–Crippen LogP) is 3.99. The highest BCUT2D eigenvalue weighted by Crippen LogP contribution is 2.33. The molecule has 3 rings (SSSR count). The van der Waals surface area contributed by atoms with Crippen molar-refractivity contribution in [2.24, 2.45) is 5.73 Å². The van der Waals surface area contributed by atoms with Gasteiger partial charge in [-0.05, 0) is 63.6 Å². The van der Waals surface area contributed by atoms with Crippen molar-refractivity contribution in [1.29, 1.82) is 0 Å². The van der Waals surface area contributed by atoms with E-state index in [1.165, 1.54) is 23.4 Å². The van der Waals surface area contributed by atoms with Crippen LogP contribution in [0.1, 0.15) is 40.2 Å². The molecule has 2 aromatic rings. The molecule has 0 saturated heterocycles. The van der Waals surface area contributed by atoms with E-state index < -0.39 is 0 Å². The second-order valence-electron chi connectivity index (χ2n) is 4.63. The van der Waals surface area contributed by atoms with Gasteiger partial charge in [0.25, 0.3) is 0 Å². The van der Waals surface area contributed by atoms with Crippen LogP contribution in [0.15, 0.2) is 21.2 Å². The van der Waals surface area contributed by atoms with Gasteiger partial charge in [-0.25, -0.2) is 4.98 Å². The molecule has 0 fully saturated rings. The summed E-state index contributed by atoms with van der Waals surface area (Å²) in [7, 11) is 0. The Morgan fingerprint density at radius 1 is 1.26 bits per heavy atom. The van der Waals surface area contributed by atoms with E-state index in [-0.39, 0.29) is 6.04 Å². The molecular weight excluding hydrogens is 390 g/mol. The van der Waals surface area contributed by atoms with Gasteiger partial charge in [0.15, 0.2) is 0 Å². The molecule has 1 aliphatic rings. The first-order chi connectivity index (χ1) is 9.15. The Balaban J connectivity index is 1.94. The molecular formula is C13H13Br2N3S. The van der Waals surface area contributed by atoms with Crippen molar-refractivity contribution < 1.29 is 0 Å². The van der Waals surface area contributed by atoms with Crippen LogP contribution in [0.5, 0.6) is 0 Å². The highest BCUT2D eigenvalue weighted by molar-refractivity contribution is 9.11. The molecule has 1 aliphatic carbocycles. The van der Waals surface area contributed by atoms with Crippen LogP contribution in [0.3, 0.4) is 0 Å². The standard InChI is InChI=1S/C13H13Br2N3S/c14-7-5-8(15)12(17-6-7)11(16)13-18-9-3-1-2-4-10(9)19-13/h5-6,11H,1-4,16H2. The molecule has 100 valence electrons. The number of nitrogens with two attached hydrogens (primary N) is 1. The molecule has 0 saturated carbocycles. The maximum absolute atomic E-state index is 6.32. The van der Waals surface area contributed by atoms with E-state index in [0.717, 1.165) is 32.5 Å². The van der Waals surface area contributed by atoms with Gasteiger partial charge in [0.1, 0.15) is 11.0 Å². The largest absolute Gasteiger partial charge is 0.317 e. The van der Waals surface area contributed by atoms with E-state index in [0.29, 0.717) is 0 Å². The SMILES string of the molecule is NC(c1nc2c(s1)CCCC2)c1ncc(Br)cc1Br. The summed E-state index contributed by atoms with van der Waals surface area (Å²) >= 11 is 8.67. The molecule has 0 spiro atoms. The van der Waals surface area contributed by atoms with Crippen LogP contribution in [0.2, 0.25) is 0 Å². The number of thiazole rings is 1. The molecule has 0 aliphatic heterocycles. The summed E-state index contributed by atoms with van der Waals surface area (Å²) in [6, 6.07) is 1.72. The van der Waals surface area contributed by atoms with Gasteiger partial charge >= 0.3 is 0 Å². The predicted molar refractivity (Wildman–Crippen MR) is 84.4 cm³/mol. The zero-order chi connectivity index (χ0) is 13.4. The highest BCUT2D eigenvalue weighted by Gasteiger charge is 2.22. The smallest absolute Gasteiger partial charge is 0.116 e. The zero-order valence-electron chi connectivity index (χ0n) is 10.2. The summed E-state index contributed by atoms with van der Waals surface area (Å²) < 4.78 is 1.86. The Morgan fingerprint density at radius 3 is 2.79 bits per heavy atom. The number of aryl methyl sites for hydroxylation is 2. The fourth-order valence-electron chi connectivity index (χ4n) is 2.28. The van der Waals surface area contributed by atoms with Crippen LogP contribution in [-0.4, -0.2) is 9.97 Å². The van der Waals surface area contributed by atoms with Crippen molar-refractivity contribution in [2.75, 3.05) is 0 Å². The monoisotopic (exact) mass is 401 g/mol. The van der Waals surface area contributed by atoms with Crippen molar-refractivity contribution in [2.45, 2.75) is 31.7 Å². The summed E-state index contributed by atoms with van der Waals surface area (Å²) in [6.45, 7) is 0. The molecule has 0 radical (unpaired) electrons. The van der Waals surface area contributed by atoms with Crippen molar-refractivity contribution in [3.63, 3.8) is 0 Å². The Labute approximate surface area is 132 Å². The van der Waals surface area contributed by atoms with Crippen LogP contribution in [-0.2, 0) is 12.8 Å². The zero-order valence-corrected chi connectivity index (χ0v) is 14.2. The fraction of sp³-hybridized carbons (Fsp3) is 0.385. The Hall–Kier alpha value is -0.300. The molecule has 1 unspecified atom stereocenters. The van der Waals surface area contributed by atoms with Crippen LogP contribution >= 0.6 is 43.2 Å². The summed E-state index contributed by atoms with van der Waals surface area (Å²) in [5.41, 5.74) is 8.41. The summed E-state index contributed by atoms with van der Waals surface area (Å²) in [5, 5.41) is 0.974. The molecule has 0 bridgehead atoms. The number of hydrogen-bond acceptors (Lipinski definition) is 4. The van der Waals surface area contributed by atoms with E-state index in [2.05, 4.69) is 36.8 Å². The molecule has 2 N–H and O–H groups in total. The molecule has 19 heavy (non-hydrogen) atoms. The first-order valence-corrected chi connectivity index (χ1v) is 8.60. The molecule has 0 amide bonds. The van der Waals surface area contributed by atoms with Crippen molar-refractivity contribution in [1.82, 2.24) is 9.97 Å². The highest BCUT2D eigenvalue weighted by atomic mass is 79.9. The minimum Gasteiger partial charge on any atom is -0.317 e. The normalized spacial score (nSPS) is 16.2. The third-order valence-electron chi connectivity index (χ3n) is 3.26. The minimum absolute atomic E-state index is 0.252. The minimum atomic E-state index is -0.252. The van der Waals surface area contributed by atoms with Gasteiger partial charge in [0.05, 0.1) is 11.4 Å². The van der Waals surface area contributed by atoms with Crippen LogP contribution in [0.4, 0.5) is 0 Å². The number of nitrogens with zero attached hydrogens (tertiary/aromatic N) is 2. The Kier molecular flexibility index (Phi) is 4.03. The van der Waals surface area contributed by atoms with Crippen LogP contribution < -0.4 is 5.73 Å². The van der Waals surface area contributed by atoms with Crippen LogP contribution in [0.25, 0.3) is 0 Å². The lowest BCUT2D eigenvalue weighted by Crippen LogP contribution is -2.14. The van der Waals surface area contributed by atoms with Crippen molar-refractivity contribution in [3.8, 4) is 0 Å². The number of pyridine rings is 1. The molecule has 3 nitrogen and oxygen atoms in total. The van der Waals surface area contributed by atoms with Gasteiger partial charge < -0.3 is 5.73 Å². The maximum Gasteiger partial charge on any atom is 0.116 e. The van der Waals surface area contributed by atoms with Gasteiger partial charge in [-0.2, -0.15) is 0 Å². The number of fused-ring (bicyclic) bond motifs is 1. The number of hydrogen-bond donors (Lipinski definition) is 1. The summed E-state index contributed by atoms with van der Waals surface area (Å²) in [4.78, 5) is 10.5. The lowest BCUT2D eigenvalue weighted by atomic mass is 10.0. The molecule has 6 heteroatoms. The first-order valence-electron chi connectivity index (χ1n) is 6.20.